The molecular weight excluding hydrogens is 436 g/mol. The van der Waals surface area contributed by atoms with Gasteiger partial charge >= 0.3 is 0 Å². The second-order valence-electron chi connectivity index (χ2n) is 8.09. The third kappa shape index (κ3) is 6.50. The van der Waals surface area contributed by atoms with E-state index in [0.29, 0.717) is 18.8 Å². The van der Waals surface area contributed by atoms with Crippen molar-refractivity contribution in [1.29, 1.82) is 0 Å². The van der Waals surface area contributed by atoms with Crippen LogP contribution in [0.2, 0.25) is 5.02 Å². The van der Waals surface area contributed by atoms with Crippen molar-refractivity contribution < 1.29 is 14.3 Å². The van der Waals surface area contributed by atoms with Crippen LogP contribution >= 0.6 is 11.6 Å². The highest BCUT2D eigenvalue weighted by Crippen LogP contribution is 2.20. The Kier molecular flexibility index (Phi) is 7.87. The van der Waals surface area contributed by atoms with Gasteiger partial charge in [0.1, 0.15) is 18.1 Å². The summed E-state index contributed by atoms with van der Waals surface area (Å²) in [5.41, 5.74) is 2.91. The van der Waals surface area contributed by atoms with Crippen molar-refractivity contribution in [3.8, 4) is 11.5 Å². The average Bonchev–Trinajstić information content (AvgIpc) is 2.85. The van der Waals surface area contributed by atoms with Crippen LogP contribution in [0.4, 0.5) is 0 Å². The summed E-state index contributed by atoms with van der Waals surface area (Å²) in [4.78, 5) is 17.4. The van der Waals surface area contributed by atoms with Gasteiger partial charge in [0, 0.05) is 43.3 Å². The smallest absolute Gasteiger partial charge is 0.253 e. The van der Waals surface area contributed by atoms with Gasteiger partial charge in [-0.05, 0) is 66.6 Å². The van der Waals surface area contributed by atoms with Crippen LogP contribution in [-0.2, 0) is 13.2 Å². The minimum Gasteiger partial charge on any atom is -0.494 e. The summed E-state index contributed by atoms with van der Waals surface area (Å²) in [6.07, 6.45) is 0. The molecule has 0 aromatic heterocycles. The molecule has 172 valence electrons. The van der Waals surface area contributed by atoms with Crippen molar-refractivity contribution in [2.24, 2.45) is 0 Å². The van der Waals surface area contributed by atoms with E-state index in [0.717, 1.165) is 54.8 Å². The lowest BCUT2D eigenvalue weighted by Crippen LogP contribution is -2.48. The van der Waals surface area contributed by atoms with Gasteiger partial charge in [0.15, 0.2) is 0 Å². The van der Waals surface area contributed by atoms with Gasteiger partial charge in [0.05, 0.1) is 6.61 Å². The Hall–Kier alpha value is -3.02. The SMILES string of the molecule is CCOc1ccc(OCc2cccc(C(=O)N3CCN(Cc4ccc(Cl)cc4)CC3)c2)cc1. The number of nitrogens with zero attached hydrogens (tertiary/aromatic N) is 2. The molecule has 1 aliphatic rings. The van der Waals surface area contributed by atoms with E-state index in [1.54, 1.807) is 0 Å². The van der Waals surface area contributed by atoms with Gasteiger partial charge in [-0.15, -0.1) is 0 Å². The van der Waals surface area contributed by atoms with Crippen molar-refractivity contribution in [1.82, 2.24) is 9.80 Å². The summed E-state index contributed by atoms with van der Waals surface area (Å²) in [5, 5.41) is 0.751. The molecule has 0 radical (unpaired) electrons. The zero-order valence-corrected chi connectivity index (χ0v) is 19.6. The standard InChI is InChI=1S/C27H29ClN2O3/c1-2-32-25-10-12-26(13-11-25)33-20-22-4-3-5-23(18-22)27(31)30-16-14-29(15-17-30)19-21-6-8-24(28)9-7-21/h3-13,18H,2,14-17,19-20H2,1H3. The molecule has 0 N–H and O–H groups in total. The summed E-state index contributed by atoms with van der Waals surface area (Å²) >= 11 is 5.97. The molecular formula is C27H29ClN2O3. The van der Waals surface area contributed by atoms with E-state index in [2.05, 4.69) is 17.0 Å². The van der Waals surface area contributed by atoms with E-state index < -0.39 is 0 Å². The maximum atomic E-state index is 13.1. The molecule has 1 amide bonds. The fourth-order valence-corrected chi connectivity index (χ4v) is 4.03. The minimum absolute atomic E-state index is 0.0732. The molecule has 0 unspecified atom stereocenters. The monoisotopic (exact) mass is 464 g/mol. The summed E-state index contributed by atoms with van der Waals surface area (Å²) in [5.74, 6) is 1.67. The third-order valence-corrected chi connectivity index (χ3v) is 5.95. The molecule has 0 bridgehead atoms. The third-order valence-electron chi connectivity index (χ3n) is 5.69. The van der Waals surface area contributed by atoms with Crippen LogP contribution in [0.15, 0.2) is 72.8 Å². The van der Waals surface area contributed by atoms with Crippen molar-refractivity contribution in [2.45, 2.75) is 20.1 Å². The maximum absolute atomic E-state index is 13.1. The van der Waals surface area contributed by atoms with Gasteiger partial charge in [-0.1, -0.05) is 35.9 Å². The number of hydrogen-bond donors (Lipinski definition) is 0. The first-order valence-corrected chi connectivity index (χ1v) is 11.7. The van der Waals surface area contributed by atoms with Gasteiger partial charge in [-0.3, -0.25) is 9.69 Å². The highest BCUT2D eigenvalue weighted by molar-refractivity contribution is 6.30. The first kappa shape index (κ1) is 23.1. The average molecular weight is 465 g/mol. The molecule has 0 saturated carbocycles. The summed E-state index contributed by atoms with van der Waals surface area (Å²) in [6, 6.07) is 23.2. The molecule has 6 heteroatoms. The van der Waals surface area contributed by atoms with Gasteiger partial charge < -0.3 is 14.4 Å². The number of amides is 1. The molecule has 1 aliphatic heterocycles. The molecule has 0 atom stereocenters. The molecule has 3 aromatic carbocycles. The molecule has 0 aliphatic carbocycles. The molecule has 5 nitrogen and oxygen atoms in total. The molecule has 1 saturated heterocycles. The second kappa shape index (κ2) is 11.2. The summed E-state index contributed by atoms with van der Waals surface area (Å²) in [6.45, 7) is 7.03. The van der Waals surface area contributed by atoms with Crippen molar-refractivity contribution in [3.05, 3.63) is 94.5 Å². The lowest BCUT2D eigenvalue weighted by molar-refractivity contribution is 0.0628. The first-order chi connectivity index (χ1) is 16.1. The molecule has 1 heterocycles. The van der Waals surface area contributed by atoms with Crippen molar-refractivity contribution in [3.63, 3.8) is 0 Å². The summed E-state index contributed by atoms with van der Waals surface area (Å²) < 4.78 is 11.3. The lowest BCUT2D eigenvalue weighted by Gasteiger charge is -2.34. The molecule has 3 aromatic rings. The maximum Gasteiger partial charge on any atom is 0.253 e. The number of piperazine rings is 1. The fraction of sp³-hybridized carbons (Fsp3) is 0.296. The van der Waals surface area contributed by atoms with Gasteiger partial charge in [0.25, 0.3) is 5.91 Å². The quantitative estimate of drug-likeness (QED) is 0.455. The van der Waals surface area contributed by atoms with Crippen LogP contribution in [0.3, 0.4) is 0 Å². The highest BCUT2D eigenvalue weighted by atomic mass is 35.5. The van der Waals surface area contributed by atoms with Crippen LogP contribution in [-0.4, -0.2) is 48.5 Å². The first-order valence-electron chi connectivity index (χ1n) is 11.3. The number of halogens is 1. The van der Waals surface area contributed by atoms with Crippen LogP contribution in [0.5, 0.6) is 11.5 Å². The van der Waals surface area contributed by atoms with Gasteiger partial charge in [-0.2, -0.15) is 0 Å². The van der Waals surface area contributed by atoms with Crippen LogP contribution in [0.1, 0.15) is 28.4 Å². The van der Waals surface area contributed by atoms with E-state index in [9.17, 15) is 4.79 Å². The Morgan fingerprint density at radius 3 is 2.18 bits per heavy atom. The Labute approximate surface area is 200 Å². The Morgan fingerprint density at radius 1 is 0.848 bits per heavy atom. The van der Waals surface area contributed by atoms with Crippen molar-refractivity contribution >= 4 is 17.5 Å². The van der Waals surface area contributed by atoms with E-state index in [1.165, 1.54) is 5.56 Å². The van der Waals surface area contributed by atoms with Crippen molar-refractivity contribution in [2.75, 3.05) is 32.8 Å². The van der Waals surface area contributed by atoms with Crippen LogP contribution in [0, 0.1) is 0 Å². The number of hydrogen-bond acceptors (Lipinski definition) is 4. The Morgan fingerprint density at radius 2 is 1.52 bits per heavy atom. The molecule has 0 spiro atoms. The Bertz CT molecular complexity index is 1050. The molecule has 4 rings (SSSR count). The number of carbonyl (C=O) groups excluding carboxylic acids is 1. The fourth-order valence-electron chi connectivity index (χ4n) is 3.90. The minimum atomic E-state index is 0.0732. The van der Waals surface area contributed by atoms with Gasteiger partial charge in [-0.25, -0.2) is 0 Å². The van der Waals surface area contributed by atoms with E-state index >= 15 is 0 Å². The molecule has 33 heavy (non-hydrogen) atoms. The van der Waals surface area contributed by atoms with E-state index in [1.807, 2.05) is 72.5 Å². The second-order valence-corrected chi connectivity index (χ2v) is 8.52. The summed E-state index contributed by atoms with van der Waals surface area (Å²) in [7, 11) is 0. The topological polar surface area (TPSA) is 42.0 Å². The normalized spacial score (nSPS) is 14.2. The number of benzene rings is 3. The zero-order chi connectivity index (χ0) is 23.0. The number of rotatable bonds is 8. The predicted octanol–water partition coefficient (Wildman–Crippen LogP) is 5.28. The molecule has 1 fully saturated rings. The van der Waals surface area contributed by atoms with Gasteiger partial charge in [0.2, 0.25) is 0 Å². The van der Waals surface area contributed by atoms with E-state index in [4.69, 9.17) is 21.1 Å². The van der Waals surface area contributed by atoms with E-state index in [-0.39, 0.29) is 5.91 Å². The van der Waals surface area contributed by atoms with Crippen LogP contribution in [0.25, 0.3) is 0 Å². The van der Waals surface area contributed by atoms with Crippen LogP contribution < -0.4 is 9.47 Å². The number of carbonyl (C=O) groups is 1. The lowest BCUT2D eigenvalue weighted by atomic mass is 10.1. The highest BCUT2D eigenvalue weighted by Gasteiger charge is 2.22. The predicted molar refractivity (Wildman–Crippen MR) is 131 cm³/mol. The number of ether oxygens (including phenoxy) is 2. The Balaban J connectivity index is 1.29. The largest absolute Gasteiger partial charge is 0.494 e. The zero-order valence-electron chi connectivity index (χ0n) is 18.9.